The van der Waals surface area contributed by atoms with E-state index in [0.717, 1.165) is 18.7 Å². The Kier molecular flexibility index (Phi) is 6.19. The van der Waals surface area contributed by atoms with E-state index in [9.17, 15) is 8.42 Å². The lowest BCUT2D eigenvalue weighted by Gasteiger charge is -2.31. The number of sulfonamides is 1. The zero-order chi connectivity index (χ0) is 21.1. The predicted molar refractivity (Wildman–Crippen MR) is 115 cm³/mol. The number of hydrogen-bond donors (Lipinski definition) is 0. The van der Waals surface area contributed by atoms with E-state index in [2.05, 4.69) is 20.1 Å². The minimum absolute atomic E-state index is 0.218. The lowest BCUT2D eigenvalue weighted by Crippen LogP contribution is -2.47. The summed E-state index contributed by atoms with van der Waals surface area (Å²) in [5, 5.41) is 8.87. The Labute approximate surface area is 180 Å². The summed E-state index contributed by atoms with van der Waals surface area (Å²) in [6.45, 7) is 4.48. The van der Waals surface area contributed by atoms with Crippen molar-refractivity contribution in [2.45, 2.75) is 22.6 Å². The van der Waals surface area contributed by atoms with Crippen LogP contribution >= 0.6 is 11.8 Å². The van der Waals surface area contributed by atoms with E-state index < -0.39 is 10.0 Å². The molecule has 10 heteroatoms. The van der Waals surface area contributed by atoms with Gasteiger partial charge < -0.3 is 9.32 Å². The lowest BCUT2D eigenvalue weighted by molar-refractivity contribution is 0.222. The zero-order valence-corrected chi connectivity index (χ0v) is 18.5. The molecule has 0 spiro atoms. The molecule has 0 saturated carbocycles. The van der Waals surface area contributed by atoms with Crippen LogP contribution in [0.1, 0.15) is 11.5 Å². The molecule has 158 valence electrons. The van der Waals surface area contributed by atoms with Crippen LogP contribution in [-0.2, 0) is 15.8 Å². The van der Waals surface area contributed by atoms with Gasteiger partial charge in [-0.05, 0) is 38.2 Å². The van der Waals surface area contributed by atoms with Gasteiger partial charge >= 0.3 is 0 Å². The molecule has 0 radical (unpaired) electrons. The molecule has 2 aromatic heterocycles. The average molecular weight is 446 g/mol. The van der Waals surface area contributed by atoms with Crippen molar-refractivity contribution in [3.05, 3.63) is 54.0 Å². The molecule has 0 N–H and O–H groups in total. The first-order valence-electron chi connectivity index (χ1n) is 9.59. The zero-order valence-electron chi connectivity index (χ0n) is 16.9. The third kappa shape index (κ3) is 4.72. The number of benzene rings is 1. The molecule has 1 fully saturated rings. The van der Waals surface area contributed by atoms with E-state index in [4.69, 9.17) is 4.42 Å². The summed E-state index contributed by atoms with van der Waals surface area (Å²) in [4.78, 5) is 6.64. The van der Waals surface area contributed by atoms with Gasteiger partial charge in [0, 0.05) is 37.9 Å². The number of aromatic nitrogens is 3. The largest absolute Gasteiger partial charge is 0.420 e. The molecule has 3 aromatic rings. The van der Waals surface area contributed by atoms with E-state index in [1.165, 1.54) is 27.8 Å². The monoisotopic (exact) mass is 445 g/mol. The van der Waals surface area contributed by atoms with Gasteiger partial charge in [0.2, 0.25) is 21.8 Å². The van der Waals surface area contributed by atoms with Crippen molar-refractivity contribution in [2.75, 3.05) is 33.2 Å². The molecule has 8 nitrogen and oxygen atoms in total. The maximum atomic E-state index is 12.8. The minimum Gasteiger partial charge on any atom is -0.420 e. The van der Waals surface area contributed by atoms with Crippen molar-refractivity contribution in [2.24, 2.45) is 0 Å². The van der Waals surface area contributed by atoms with Crippen molar-refractivity contribution in [3.8, 4) is 11.5 Å². The van der Waals surface area contributed by atoms with E-state index in [-0.39, 0.29) is 4.90 Å². The van der Waals surface area contributed by atoms with Crippen LogP contribution < -0.4 is 0 Å². The number of thioether (sulfide) groups is 1. The van der Waals surface area contributed by atoms with Crippen LogP contribution in [-0.4, -0.2) is 66.0 Å². The first-order chi connectivity index (χ1) is 14.4. The van der Waals surface area contributed by atoms with Gasteiger partial charge in [-0.15, -0.1) is 10.2 Å². The van der Waals surface area contributed by atoms with Gasteiger partial charge in [0.25, 0.3) is 0 Å². The Morgan fingerprint density at radius 1 is 1.03 bits per heavy atom. The SMILES string of the molecule is Cc1ccc(-c2nnc(CSc3ccc(S(=O)(=O)N4CCN(C)CC4)cn3)o2)cc1. The van der Waals surface area contributed by atoms with E-state index in [1.54, 1.807) is 12.1 Å². The number of piperazine rings is 1. The summed E-state index contributed by atoms with van der Waals surface area (Å²) in [7, 11) is -1.51. The van der Waals surface area contributed by atoms with Gasteiger partial charge in [-0.25, -0.2) is 13.4 Å². The van der Waals surface area contributed by atoms with Gasteiger partial charge in [0.15, 0.2) is 0 Å². The van der Waals surface area contributed by atoms with Crippen LogP contribution in [0, 0.1) is 6.92 Å². The van der Waals surface area contributed by atoms with Crippen LogP contribution in [0.4, 0.5) is 0 Å². The van der Waals surface area contributed by atoms with Gasteiger partial charge in [-0.1, -0.05) is 29.5 Å². The molecule has 0 aliphatic carbocycles. The van der Waals surface area contributed by atoms with Crippen LogP contribution in [0.5, 0.6) is 0 Å². The molecular formula is C20H23N5O3S2. The highest BCUT2D eigenvalue weighted by Crippen LogP contribution is 2.25. The quantitative estimate of drug-likeness (QED) is 0.535. The van der Waals surface area contributed by atoms with Crippen LogP contribution in [0.3, 0.4) is 0 Å². The van der Waals surface area contributed by atoms with Crippen molar-refractivity contribution >= 4 is 21.8 Å². The molecule has 0 bridgehead atoms. The molecule has 1 aliphatic heterocycles. The molecule has 0 amide bonds. The second-order valence-corrected chi connectivity index (χ2v) is 10.1. The molecule has 3 heterocycles. The summed E-state index contributed by atoms with van der Waals surface area (Å²) < 4.78 is 32.8. The summed E-state index contributed by atoms with van der Waals surface area (Å²) >= 11 is 1.42. The number of nitrogens with zero attached hydrogens (tertiary/aromatic N) is 5. The third-order valence-corrected chi connectivity index (χ3v) is 7.73. The molecule has 30 heavy (non-hydrogen) atoms. The van der Waals surface area contributed by atoms with Crippen LogP contribution in [0.25, 0.3) is 11.5 Å². The van der Waals surface area contributed by atoms with Crippen molar-refractivity contribution < 1.29 is 12.8 Å². The Bertz CT molecular complexity index is 1090. The molecule has 0 unspecified atom stereocenters. The summed E-state index contributed by atoms with van der Waals surface area (Å²) in [6, 6.07) is 11.2. The predicted octanol–water partition coefficient (Wildman–Crippen LogP) is 2.67. The fourth-order valence-corrected chi connectivity index (χ4v) is 5.09. The van der Waals surface area contributed by atoms with Crippen molar-refractivity contribution in [3.63, 3.8) is 0 Å². The Morgan fingerprint density at radius 2 is 1.77 bits per heavy atom. The van der Waals surface area contributed by atoms with Crippen LogP contribution in [0.2, 0.25) is 0 Å². The lowest BCUT2D eigenvalue weighted by atomic mass is 10.1. The number of likely N-dealkylation sites (N-methyl/N-ethyl adjacent to an activating group) is 1. The Balaban J connectivity index is 1.38. The van der Waals surface area contributed by atoms with Gasteiger partial charge in [-0.2, -0.15) is 4.31 Å². The molecule has 1 aliphatic rings. The number of aryl methyl sites for hydroxylation is 1. The van der Waals surface area contributed by atoms with Crippen molar-refractivity contribution in [1.82, 2.24) is 24.4 Å². The molecule has 1 saturated heterocycles. The smallest absolute Gasteiger partial charge is 0.247 e. The van der Waals surface area contributed by atoms with Gasteiger partial charge in [-0.3, -0.25) is 0 Å². The Hall–Kier alpha value is -2.27. The average Bonchev–Trinajstić information content (AvgIpc) is 3.22. The fourth-order valence-electron chi connectivity index (χ4n) is 3.04. The number of hydrogen-bond acceptors (Lipinski definition) is 8. The highest BCUT2D eigenvalue weighted by Gasteiger charge is 2.27. The standard InChI is InChI=1S/C20H23N5O3S2/c1-15-3-5-16(6-4-15)20-23-22-18(28-20)14-29-19-8-7-17(13-21-19)30(26,27)25-11-9-24(2)10-12-25/h3-8,13H,9-12,14H2,1-2H3. The van der Waals surface area contributed by atoms with Crippen LogP contribution in [0.15, 0.2) is 56.9 Å². The molecule has 4 rings (SSSR count). The second kappa shape index (κ2) is 8.84. The topological polar surface area (TPSA) is 92.4 Å². The van der Waals surface area contributed by atoms with E-state index in [0.29, 0.717) is 35.6 Å². The minimum atomic E-state index is -3.51. The summed E-state index contributed by atoms with van der Waals surface area (Å²) in [5.41, 5.74) is 2.04. The van der Waals surface area contributed by atoms with E-state index >= 15 is 0 Å². The first-order valence-corrected chi connectivity index (χ1v) is 12.0. The fraction of sp³-hybridized carbons (Fsp3) is 0.350. The highest BCUT2D eigenvalue weighted by molar-refractivity contribution is 7.98. The third-order valence-electron chi connectivity index (χ3n) is 4.92. The maximum Gasteiger partial charge on any atom is 0.247 e. The first kappa shape index (κ1) is 21.0. The summed E-state index contributed by atoms with van der Waals surface area (Å²) in [6.07, 6.45) is 1.42. The summed E-state index contributed by atoms with van der Waals surface area (Å²) in [5.74, 6) is 1.43. The highest BCUT2D eigenvalue weighted by atomic mass is 32.2. The van der Waals surface area contributed by atoms with E-state index in [1.807, 2.05) is 38.2 Å². The van der Waals surface area contributed by atoms with Gasteiger partial charge in [0.05, 0.1) is 10.8 Å². The molecule has 1 aromatic carbocycles. The maximum absolute atomic E-state index is 12.8. The van der Waals surface area contributed by atoms with Gasteiger partial charge in [0.1, 0.15) is 4.90 Å². The van der Waals surface area contributed by atoms with Crippen molar-refractivity contribution in [1.29, 1.82) is 0 Å². The Morgan fingerprint density at radius 3 is 2.43 bits per heavy atom. The number of pyridine rings is 1. The normalized spacial score (nSPS) is 16.1. The second-order valence-electron chi connectivity index (χ2n) is 7.20. The molecular weight excluding hydrogens is 422 g/mol. The molecule has 0 atom stereocenters. The number of rotatable bonds is 6.